The molecule has 4 aromatic rings. The maximum absolute atomic E-state index is 10.5. The number of nitrogens with zero attached hydrogens (tertiary/aromatic N) is 2. The minimum atomic E-state index is -0.648. The maximum Gasteiger partial charge on any atom is 0.156 e. The molecule has 0 aliphatic heterocycles. The lowest BCUT2D eigenvalue weighted by molar-refractivity contribution is -0.0235. The van der Waals surface area contributed by atoms with E-state index in [1.807, 2.05) is 37.3 Å². The smallest absolute Gasteiger partial charge is 0.156 e. The Kier molecular flexibility index (Phi) is 4.42. The molecule has 0 atom stereocenters. The van der Waals surface area contributed by atoms with Gasteiger partial charge in [0.05, 0.1) is 11.9 Å². The molecule has 5 rings (SSSR count). The van der Waals surface area contributed by atoms with Crippen LogP contribution in [0.15, 0.2) is 59.2 Å². The summed E-state index contributed by atoms with van der Waals surface area (Å²) in [5.74, 6) is 3.95. The van der Waals surface area contributed by atoms with Gasteiger partial charge in [-0.1, -0.05) is 18.1 Å². The molecule has 0 unspecified atom stereocenters. The van der Waals surface area contributed by atoms with Gasteiger partial charge in [-0.15, -0.1) is 16.6 Å². The van der Waals surface area contributed by atoms with Gasteiger partial charge in [0.1, 0.15) is 17.2 Å². The third-order valence-corrected chi connectivity index (χ3v) is 5.72. The van der Waals surface area contributed by atoms with E-state index in [1.54, 1.807) is 24.5 Å². The molecule has 6 heteroatoms. The Balaban J connectivity index is 1.64. The number of anilines is 1. The number of rotatable bonds is 4. The second-order valence-electron chi connectivity index (χ2n) is 8.26. The van der Waals surface area contributed by atoms with Gasteiger partial charge in [-0.05, 0) is 56.2 Å². The summed E-state index contributed by atoms with van der Waals surface area (Å²) < 4.78 is 5.56. The molecule has 1 aliphatic carbocycles. The molecule has 1 fully saturated rings. The third-order valence-electron chi connectivity index (χ3n) is 5.72. The van der Waals surface area contributed by atoms with E-state index >= 15 is 0 Å². The summed E-state index contributed by atoms with van der Waals surface area (Å²) in [6, 6.07) is 14.8. The van der Waals surface area contributed by atoms with Gasteiger partial charge in [-0.3, -0.25) is 0 Å². The number of fused-ring (bicyclic) bond motifs is 1. The monoisotopic (exact) mass is 411 g/mol. The molecule has 3 N–H and O–H groups in total. The SMILES string of the molecule is C#Cc1ccc(-c2nnc(NC3CC(C)(O)C3)c3cc(-c4ccco4)ccc23)c(O)c1. The summed E-state index contributed by atoms with van der Waals surface area (Å²) in [5.41, 5.74) is 1.97. The largest absolute Gasteiger partial charge is 0.507 e. The highest BCUT2D eigenvalue weighted by Crippen LogP contribution is 2.39. The molecule has 0 amide bonds. The maximum atomic E-state index is 10.5. The van der Waals surface area contributed by atoms with Crippen molar-refractivity contribution >= 4 is 16.6 Å². The average Bonchev–Trinajstić information content (AvgIpc) is 3.27. The van der Waals surface area contributed by atoms with Crippen LogP contribution in [-0.4, -0.2) is 32.1 Å². The van der Waals surface area contributed by atoms with Gasteiger partial charge in [0.15, 0.2) is 5.82 Å². The van der Waals surface area contributed by atoms with Crippen LogP contribution in [0.2, 0.25) is 0 Å². The minimum Gasteiger partial charge on any atom is -0.507 e. The van der Waals surface area contributed by atoms with Crippen molar-refractivity contribution < 1.29 is 14.6 Å². The Morgan fingerprint density at radius 2 is 1.97 bits per heavy atom. The van der Waals surface area contributed by atoms with Crippen LogP contribution in [0.4, 0.5) is 5.82 Å². The molecule has 0 radical (unpaired) electrons. The quantitative estimate of drug-likeness (QED) is 0.426. The van der Waals surface area contributed by atoms with Gasteiger partial charge < -0.3 is 19.9 Å². The fourth-order valence-corrected chi connectivity index (χ4v) is 4.18. The van der Waals surface area contributed by atoms with Crippen LogP contribution in [0.1, 0.15) is 25.3 Å². The Hall–Kier alpha value is -3.82. The van der Waals surface area contributed by atoms with Crippen molar-refractivity contribution in [3.63, 3.8) is 0 Å². The van der Waals surface area contributed by atoms with E-state index in [9.17, 15) is 10.2 Å². The van der Waals surface area contributed by atoms with Crippen LogP contribution < -0.4 is 5.32 Å². The third kappa shape index (κ3) is 3.49. The molecule has 1 aliphatic rings. The summed E-state index contributed by atoms with van der Waals surface area (Å²) in [4.78, 5) is 0. The van der Waals surface area contributed by atoms with Crippen LogP contribution in [0.5, 0.6) is 5.75 Å². The number of hydrogen-bond donors (Lipinski definition) is 3. The van der Waals surface area contributed by atoms with Gasteiger partial charge >= 0.3 is 0 Å². The molecule has 2 heterocycles. The lowest BCUT2D eigenvalue weighted by Crippen LogP contribution is -2.48. The Morgan fingerprint density at radius 1 is 1.13 bits per heavy atom. The van der Waals surface area contributed by atoms with E-state index in [1.165, 1.54) is 0 Å². The molecule has 6 nitrogen and oxygen atoms in total. The molecule has 31 heavy (non-hydrogen) atoms. The van der Waals surface area contributed by atoms with E-state index in [0.29, 0.717) is 35.5 Å². The van der Waals surface area contributed by atoms with Crippen molar-refractivity contribution in [2.24, 2.45) is 0 Å². The molecule has 2 aromatic carbocycles. The Labute approximate surface area is 179 Å². The van der Waals surface area contributed by atoms with Crippen LogP contribution >= 0.6 is 0 Å². The van der Waals surface area contributed by atoms with E-state index < -0.39 is 5.60 Å². The summed E-state index contributed by atoms with van der Waals surface area (Å²) in [5, 5.41) is 34.6. The normalized spacial score (nSPS) is 20.2. The number of aromatic nitrogens is 2. The fourth-order valence-electron chi connectivity index (χ4n) is 4.18. The van der Waals surface area contributed by atoms with Crippen molar-refractivity contribution in [2.75, 3.05) is 5.32 Å². The highest BCUT2D eigenvalue weighted by Gasteiger charge is 2.38. The molecular weight excluding hydrogens is 390 g/mol. The average molecular weight is 411 g/mol. The first-order chi connectivity index (χ1) is 14.9. The van der Waals surface area contributed by atoms with E-state index in [-0.39, 0.29) is 11.8 Å². The lowest BCUT2D eigenvalue weighted by atomic mass is 9.77. The van der Waals surface area contributed by atoms with Crippen molar-refractivity contribution in [3.05, 3.63) is 60.4 Å². The molecule has 0 spiro atoms. The number of nitrogens with one attached hydrogen (secondary N) is 1. The summed E-state index contributed by atoms with van der Waals surface area (Å²) >= 11 is 0. The van der Waals surface area contributed by atoms with E-state index in [2.05, 4.69) is 21.4 Å². The van der Waals surface area contributed by atoms with E-state index in [0.717, 1.165) is 22.1 Å². The topological polar surface area (TPSA) is 91.4 Å². The highest BCUT2D eigenvalue weighted by molar-refractivity contribution is 6.02. The number of benzene rings is 2. The fraction of sp³-hybridized carbons (Fsp3) is 0.200. The number of phenols is 1. The van der Waals surface area contributed by atoms with Crippen molar-refractivity contribution in [1.82, 2.24) is 10.2 Å². The summed E-state index contributed by atoms with van der Waals surface area (Å²) in [6.45, 7) is 1.83. The minimum absolute atomic E-state index is 0.0527. The first kappa shape index (κ1) is 19.2. The van der Waals surface area contributed by atoms with Crippen LogP contribution in [0.3, 0.4) is 0 Å². The Morgan fingerprint density at radius 3 is 2.65 bits per heavy atom. The predicted octanol–water partition coefficient (Wildman–Crippen LogP) is 4.57. The lowest BCUT2D eigenvalue weighted by Gasteiger charge is -2.41. The molecule has 2 aromatic heterocycles. The molecule has 0 saturated heterocycles. The first-order valence-electron chi connectivity index (χ1n) is 10.1. The van der Waals surface area contributed by atoms with Gasteiger partial charge in [0, 0.05) is 33.5 Å². The summed E-state index contributed by atoms with van der Waals surface area (Å²) in [7, 11) is 0. The molecule has 0 bridgehead atoms. The van der Waals surface area contributed by atoms with Gasteiger partial charge in [-0.25, -0.2) is 0 Å². The zero-order valence-electron chi connectivity index (χ0n) is 17.0. The van der Waals surface area contributed by atoms with Crippen LogP contribution in [-0.2, 0) is 0 Å². The van der Waals surface area contributed by atoms with Crippen LogP contribution in [0.25, 0.3) is 33.4 Å². The van der Waals surface area contributed by atoms with E-state index in [4.69, 9.17) is 10.8 Å². The van der Waals surface area contributed by atoms with Crippen molar-refractivity contribution in [3.8, 4) is 40.7 Å². The standard InChI is InChI=1S/C25H21N3O3/c1-3-15-6-8-19(21(29)11-15)23-18-9-7-16(22-5-4-10-31-22)12-20(18)24(28-27-23)26-17-13-25(2,30)14-17/h1,4-12,17,29-30H,13-14H2,2H3,(H,26,28). The van der Waals surface area contributed by atoms with Crippen molar-refractivity contribution in [1.29, 1.82) is 0 Å². The highest BCUT2D eigenvalue weighted by atomic mass is 16.3. The zero-order valence-corrected chi connectivity index (χ0v) is 17.0. The zero-order chi connectivity index (χ0) is 21.6. The second-order valence-corrected chi connectivity index (χ2v) is 8.26. The number of aromatic hydroxyl groups is 1. The van der Waals surface area contributed by atoms with Crippen molar-refractivity contribution in [2.45, 2.75) is 31.4 Å². The predicted molar refractivity (Wildman–Crippen MR) is 120 cm³/mol. The van der Waals surface area contributed by atoms with Gasteiger partial charge in [0.2, 0.25) is 0 Å². The number of furan rings is 1. The summed E-state index contributed by atoms with van der Waals surface area (Å²) in [6.07, 6.45) is 8.36. The Bertz CT molecular complexity index is 1310. The van der Waals surface area contributed by atoms with Gasteiger partial charge in [-0.2, -0.15) is 0 Å². The molecule has 1 saturated carbocycles. The number of hydrogen-bond acceptors (Lipinski definition) is 6. The second kappa shape index (κ2) is 7.15. The van der Waals surface area contributed by atoms with Crippen LogP contribution in [0, 0.1) is 12.3 Å². The first-order valence-corrected chi connectivity index (χ1v) is 10.1. The molecular formula is C25H21N3O3. The molecule has 154 valence electrons. The van der Waals surface area contributed by atoms with Gasteiger partial charge in [0.25, 0.3) is 0 Å². The number of phenolic OH excluding ortho intramolecular Hbond substituents is 1. The number of terminal acetylenes is 1. The number of aliphatic hydroxyl groups is 1.